The van der Waals surface area contributed by atoms with E-state index in [2.05, 4.69) is 58.9 Å². The fraction of sp³-hybridized carbons (Fsp3) is 0.684. The fourth-order valence-corrected chi connectivity index (χ4v) is 3.43. The number of hydrogen-bond donors (Lipinski definition) is 1. The monoisotopic (exact) mass is 289 g/mol. The lowest BCUT2D eigenvalue weighted by Crippen LogP contribution is -2.38. The minimum atomic E-state index is 0.220. The van der Waals surface area contributed by atoms with Crippen LogP contribution in [0.2, 0.25) is 0 Å². The Hall–Kier alpha value is -1.02. The molecule has 3 atom stereocenters. The molecule has 118 valence electrons. The van der Waals surface area contributed by atoms with Crippen molar-refractivity contribution in [3.8, 4) is 5.75 Å². The van der Waals surface area contributed by atoms with Crippen molar-refractivity contribution in [3.05, 3.63) is 29.8 Å². The molecule has 1 aromatic carbocycles. The Bertz CT molecular complexity index is 444. The molecule has 1 aromatic rings. The van der Waals surface area contributed by atoms with Gasteiger partial charge in [0.1, 0.15) is 5.75 Å². The summed E-state index contributed by atoms with van der Waals surface area (Å²) in [4.78, 5) is 0. The van der Waals surface area contributed by atoms with Crippen LogP contribution in [0.4, 0.5) is 0 Å². The normalized spacial score (nSPS) is 26.9. The molecule has 1 saturated carbocycles. The lowest BCUT2D eigenvalue weighted by Gasteiger charge is -2.41. The standard InChI is InChI=1S/C19H31NO/c1-13(2)21-16-9-6-14(7-10-16)17-12-15(19(3,4)5)8-11-18(17)20/h6-7,9-10,13,15,17-18H,8,11-12,20H2,1-5H3. The molecule has 1 aliphatic carbocycles. The molecule has 3 unspecified atom stereocenters. The van der Waals surface area contributed by atoms with Crippen molar-refractivity contribution in [2.45, 2.75) is 71.9 Å². The van der Waals surface area contributed by atoms with Gasteiger partial charge in [0.05, 0.1) is 6.10 Å². The van der Waals surface area contributed by atoms with Gasteiger partial charge in [-0.05, 0) is 68.1 Å². The topological polar surface area (TPSA) is 35.2 Å². The van der Waals surface area contributed by atoms with Crippen LogP contribution in [0.5, 0.6) is 5.75 Å². The maximum absolute atomic E-state index is 6.40. The maximum Gasteiger partial charge on any atom is 0.119 e. The third-order valence-corrected chi connectivity index (χ3v) is 4.81. The molecule has 2 nitrogen and oxygen atoms in total. The maximum atomic E-state index is 6.40. The molecule has 2 rings (SSSR count). The summed E-state index contributed by atoms with van der Waals surface area (Å²) in [6, 6.07) is 8.87. The number of hydrogen-bond acceptors (Lipinski definition) is 2. The van der Waals surface area contributed by atoms with E-state index in [1.54, 1.807) is 0 Å². The van der Waals surface area contributed by atoms with Crippen LogP contribution in [0.3, 0.4) is 0 Å². The highest BCUT2D eigenvalue weighted by atomic mass is 16.5. The second kappa shape index (κ2) is 6.39. The van der Waals surface area contributed by atoms with Crippen molar-refractivity contribution in [3.63, 3.8) is 0 Å². The molecular formula is C19H31NO. The summed E-state index contributed by atoms with van der Waals surface area (Å²) in [7, 11) is 0. The van der Waals surface area contributed by atoms with Gasteiger partial charge in [0.25, 0.3) is 0 Å². The summed E-state index contributed by atoms with van der Waals surface area (Å²) in [6.45, 7) is 11.2. The molecule has 21 heavy (non-hydrogen) atoms. The summed E-state index contributed by atoms with van der Waals surface area (Å²) < 4.78 is 5.73. The van der Waals surface area contributed by atoms with Crippen LogP contribution < -0.4 is 10.5 Å². The van der Waals surface area contributed by atoms with Crippen LogP contribution in [0, 0.1) is 11.3 Å². The molecule has 0 saturated heterocycles. The Morgan fingerprint density at radius 2 is 1.71 bits per heavy atom. The summed E-state index contributed by atoms with van der Waals surface area (Å²) in [5.41, 5.74) is 8.15. The average molecular weight is 289 g/mol. The summed E-state index contributed by atoms with van der Waals surface area (Å²) in [5.74, 6) is 2.19. The first-order valence-corrected chi connectivity index (χ1v) is 8.29. The molecule has 0 radical (unpaired) electrons. The zero-order valence-electron chi connectivity index (χ0n) is 14.2. The summed E-state index contributed by atoms with van der Waals surface area (Å²) >= 11 is 0. The van der Waals surface area contributed by atoms with E-state index in [0.717, 1.165) is 18.1 Å². The Kier molecular flexibility index (Phi) is 4.98. The van der Waals surface area contributed by atoms with Crippen LogP contribution >= 0.6 is 0 Å². The molecule has 0 aliphatic heterocycles. The van der Waals surface area contributed by atoms with Crippen LogP contribution in [0.1, 0.15) is 65.4 Å². The second-order valence-electron chi connectivity index (χ2n) is 7.88. The summed E-state index contributed by atoms with van der Waals surface area (Å²) in [5, 5.41) is 0. The van der Waals surface area contributed by atoms with E-state index in [-0.39, 0.29) is 6.10 Å². The minimum Gasteiger partial charge on any atom is -0.491 e. The van der Waals surface area contributed by atoms with Gasteiger partial charge in [-0.1, -0.05) is 32.9 Å². The van der Waals surface area contributed by atoms with Gasteiger partial charge < -0.3 is 10.5 Å². The minimum absolute atomic E-state index is 0.220. The molecule has 2 heteroatoms. The first kappa shape index (κ1) is 16.4. The first-order valence-electron chi connectivity index (χ1n) is 8.29. The van der Waals surface area contributed by atoms with Crippen LogP contribution in [0.25, 0.3) is 0 Å². The quantitative estimate of drug-likeness (QED) is 0.873. The van der Waals surface area contributed by atoms with E-state index in [1.807, 2.05) is 0 Å². The van der Waals surface area contributed by atoms with Crippen molar-refractivity contribution >= 4 is 0 Å². The van der Waals surface area contributed by atoms with Crippen LogP contribution in [0.15, 0.2) is 24.3 Å². The Labute approximate surface area is 130 Å². The van der Waals surface area contributed by atoms with Gasteiger partial charge in [-0.2, -0.15) is 0 Å². The van der Waals surface area contributed by atoms with Gasteiger partial charge in [-0.3, -0.25) is 0 Å². The Balaban J connectivity index is 2.11. The lowest BCUT2D eigenvalue weighted by atomic mass is 9.66. The van der Waals surface area contributed by atoms with Gasteiger partial charge in [0.15, 0.2) is 0 Å². The van der Waals surface area contributed by atoms with E-state index in [0.29, 0.717) is 17.4 Å². The second-order valence-corrected chi connectivity index (χ2v) is 7.88. The van der Waals surface area contributed by atoms with Gasteiger partial charge in [0, 0.05) is 6.04 Å². The highest BCUT2D eigenvalue weighted by Crippen LogP contribution is 2.43. The van der Waals surface area contributed by atoms with Crippen molar-refractivity contribution < 1.29 is 4.74 Å². The van der Waals surface area contributed by atoms with Gasteiger partial charge in [-0.15, -0.1) is 0 Å². The molecule has 0 heterocycles. The number of ether oxygens (including phenoxy) is 1. The first-order chi connectivity index (χ1) is 9.77. The van der Waals surface area contributed by atoms with Crippen molar-refractivity contribution in [2.24, 2.45) is 17.1 Å². The van der Waals surface area contributed by atoms with E-state index < -0.39 is 0 Å². The highest BCUT2D eigenvalue weighted by molar-refractivity contribution is 5.31. The third-order valence-electron chi connectivity index (χ3n) is 4.81. The van der Waals surface area contributed by atoms with E-state index in [4.69, 9.17) is 10.5 Å². The molecule has 2 N–H and O–H groups in total. The SMILES string of the molecule is CC(C)Oc1ccc(C2CC(C(C)(C)C)CCC2N)cc1. The van der Waals surface area contributed by atoms with E-state index in [1.165, 1.54) is 18.4 Å². The number of nitrogens with two attached hydrogens (primary N) is 1. The van der Waals surface area contributed by atoms with Gasteiger partial charge in [0.2, 0.25) is 0 Å². The Morgan fingerprint density at radius 3 is 2.24 bits per heavy atom. The van der Waals surface area contributed by atoms with E-state index in [9.17, 15) is 0 Å². The van der Waals surface area contributed by atoms with Crippen molar-refractivity contribution in [2.75, 3.05) is 0 Å². The molecule has 1 aliphatic rings. The van der Waals surface area contributed by atoms with Crippen molar-refractivity contribution in [1.29, 1.82) is 0 Å². The average Bonchev–Trinajstić information content (AvgIpc) is 2.38. The zero-order valence-corrected chi connectivity index (χ0v) is 14.2. The van der Waals surface area contributed by atoms with Crippen LogP contribution in [-0.4, -0.2) is 12.1 Å². The molecular weight excluding hydrogens is 258 g/mol. The van der Waals surface area contributed by atoms with Crippen molar-refractivity contribution in [1.82, 2.24) is 0 Å². The Morgan fingerprint density at radius 1 is 1.10 bits per heavy atom. The fourth-order valence-electron chi connectivity index (χ4n) is 3.43. The van der Waals surface area contributed by atoms with Crippen LogP contribution in [-0.2, 0) is 0 Å². The third kappa shape index (κ3) is 4.23. The largest absolute Gasteiger partial charge is 0.491 e. The molecule has 0 spiro atoms. The molecule has 1 fully saturated rings. The lowest BCUT2D eigenvalue weighted by molar-refractivity contribution is 0.154. The predicted octanol–water partition coefficient (Wildman–Crippen LogP) is 4.73. The summed E-state index contributed by atoms with van der Waals surface area (Å²) in [6.07, 6.45) is 3.82. The van der Waals surface area contributed by atoms with Gasteiger partial charge in [-0.25, -0.2) is 0 Å². The number of rotatable bonds is 3. The predicted molar refractivity (Wildman–Crippen MR) is 89.7 cm³/mol. The smallest absolute Gasteiger partial charge is 0.119 e. The van der Waals surface area contributed by atoms with Gasteiger partial charge >= 0.3 is 0 Å². The molecule has 0 amide bonds. The zero-order chi connectivity index (χ0) is 15.6. The highest BCUT2D eigenvalue weighted by Gasteiger charge is 2.35. The number of benzene rings is 1. The van der Waals surface area contributed by atoms with E-state index >= 15 is 0 Å². The molecule has 0 aromatic heterocycles. The molecule has 0 bridgehead atoms.